The Morgan fingerprint density at radius 2 is 1.57 bits per heavy atom. The lowest BCUT2D eigenvalue weighted by molar-refractivity contribution is -0.117. The molecule has 2 nitrogen and oxygen atoms in total. The minimum atomic E-state index is 0.157. The summed E-state index contributed by atoms with van der Waals surface area (Å²) in [5, 5.41) is 3.69. The standard InChI is InChI=1S/C20H24ClNO/c21-15-10-9-11-16(14-15)22-20(23)19-17-12-7-5-3-1-2-4-6-8-13-18(17)19/h3-6,9-11,14,17-19H,1-2,7-8,12-13H2,(H,22,23)/b5-3-,6-4+/t17-,18-,19?/m0/s1. The van der Waals surface area contributed by atoms with E-state index in [1.807, 2.05) is 18.2 Å². The van der Waals surface area contributed by atoms with Gasteiger partial charge in [-0.05, 0) is 68.6 Å². The molecule has 3 atom stereocenters. The zero-order valence-electron chi connectivity index (χ0n) is 13.4. The number of anilines is 1. The first-order chi connectivity index (χ1) is 11.3. The molecule has 1 unspecified atom stereocenters. The van der Waals surface area contributed by atoms with Crippen molar-refractivity contribution in [2.45, 2.75) is 38.5 Å². The number of fused-ring (bicyclic) bond motifs is 1. The summed E-state index contributed by atoms with van der Waals surface area (Å²) in [4.78, 5) is 12.6. The van der Waals surface area contributed by atoms with Crippen LogP contribution in [0.4, 0.5) is 5.69 Å². The number of carbonyl (C=O) groups is 1. The molecule has 1 fully saturated rings. The summed E-state index contributed by atoms with van der Waals surface area (Å²) < 4.78 is 0. The zero-order chi connectivity index (χ0) is 16.1. The van der Waals surface area contributed by atoms with E-state index in [4.69, 9.17) is 11.6 Å². The fraction of sp³-hybridized carbons (Fsp3) is 0.450. The molecule has 0 bridgehead atoms. The molecule has 1 aromatic rings. The molecule has 0 aromatic heterocycles. The Morgan fingerprint density at radius 3 is 2.17 bits per heavy atom. The van der Waals surface area contributed by atoms with Crippen LogP contribution in [0.3, 0.4) is 0 Å². The molecular formula is C20H24ClNO. The van der Waals surface area contributed by atoms with Crippen molar-refractivity contribution in [3.05, 3.63) is 53.6 Å². The number of amides is 1. The van der Waals surface area contributed by atoms with E-state index in [9.17, 15) is 4.79 Å². The number of halogens is 1. The molecule has 1 saturated carbocycles. The Morgan fingerprint density at radius 1 is 0.957 bits per heavy atom. The summed E-state index contributed by atoms with van der Waals surface area (Å²) >= 11 is 5.99. The van der Waals surface area contributed by atoms with Gasteiger partial charge >= 0.3 is 0 Å². The minimum absolute atomic E-state index is 0.157. The second-order valence-electron chi connectivity index (χ2n) is 6.53. The van der Waals surface area contributed by atoms with Crippen LogP contribution in [0.1, 0.15) is 38.5 Å². The molecule has 0 aliphatic heterocycles. The quantitative estimate of drug-likeness (QED) is 0.702. The molecule has 23 heavy (non-hydrogen) atoms. The molecule has 2 aliphatic rings. The molecular weight excluding hydrogens is 306 g/mol. The van der Waals surface area contributed by atoms with E-state index in [0.29, 0.717) is 16.9 Å². The molecule has 3 heteroatoms. The van der Waals surface area contributed by atoms with Crippen LogP contribution in [0, 0.1) is 17.8 Å². The van der Waals surface area contributed by atoms with Crippen LogP contribution in [0.5, 0.6) is 0 Å². The van der Waals surface area contributed by atoms with Crippen LogP contribution < -0.4 is 5.32 Å². The highest BCUT2D eigenvalue weighted by Crippen LogP contribution is 2.52. The van der Waals surface area contributed by atoms with Crippen LogP contribution in [0.2, 0.25) is 5.02 Å². The van der Waals surface area contributed by atoms with Crippen molar-refractivity contribution in [1.82, 2.24) is 0 Å². The third-order valence-electron chi connectivity index (χ3n) is 4.89. The Kier molecular flexibility index (Phi) is 5.56. The maximum Gasteiger partial charge on any atom is 0.228 e. The second-order valence-corrected chi connectivity index (χ2v) is 6.96. The van der Waals surface area contributed by atoms with E-state index in [1.165, 1.54) is 0 Å². The van der Waals surface area contributed by atoms with Gasteiger partial charge in [-0.3, -0.25) is 4.79 Å². The molecule has 3 rings (SSSR count). The number of benzene rings is 1. The average Bonchev–Trinajstić information content (AvgIpc) is 3.20. The fourth-order valence-corrected chi connectivity index (χ4v) is 3.84. The van der Waals surface area contributed by atoms with Gasteiger partial charge in [-0.2, -0.15) is 0 Å². The Hall–Kier alpha value is -1.54. The summed E-state index contributed by atoms with van der Waals surface area (Å²) in [5.74, 6) is 1.39. The number of carbonyl (C=O) groups excluding carboxylic acids is 1. The average molecular weight is 330 g/mol. The normalized spacial score (nSPS) is 30.2. The summed E-state index contributed by atoms with van der Waals surface area (Å²) in [7, 11) is 0. The van der Waals surface area contributed by atoms with Crippen molar-refractivity contribution in [3.63, 3.8) is 0 Å². The smallest absolute Gasteiger partial charge is 0.228 e. The Labute approximate surface area is 143 Å². The van der Waals surface area contributed by atoms with Gasteiger partial charge in [-0.15, -0.1) is 0 Å². The predicted octanol–water partition coefficient (Wildman–Crippen LogP) is 5.61. The Bertz CT molecular complexity index is 583. The van der Waals surface area contributed by atoms with Crippen LogP contribution in [0.25, 0.3) is 0 Å². The Balaban J connectivity index is 1.61. The van der Waals surface area contributed by atoms with Crippen LogP contribution in [0.15, 0.2) is 48.6 Å². The second kappa shape index (κ2) is 7.83. The van der Waals surface area contributed by atoms with E-state index in [0.717, 1.165) is 44.2 Å². The summed E-state index contributed by atoms with van der Waals surface area (Å²) in [6, 6.07) is 7.38. The lowest BCUT2D eigenvalue weighted by atomic mass is 10.1. The van der Waals surface area contributed by atoms with E-state index in [1.54, 1.807) is 6.07 Å². The van der Waals surface area contributed by atoms with Gasteiger partial charge < -0.3 is 5.32 Å². The van der Waals surface area contributed by atoms with Gasteiger partial charge in [-0.25, -0.2) is 0 Å². The van der Waals surface area contributed by atoms with Gasteiger partial charge in [0.2, 0.25) is 5.91 Å². The van der Waals surface area contributed by atoms with Crippen LogP contribution >= 0.6 is 11.6 Å². The third-order valence-corrected chi connectivity index (χ3v) is 5.13. The van der Waals surface area contributed by atoms with Crippen LogP contribution in [-0.4, -0.2) is 5.91 Å². The van der Waals surface area contributed by atoms with Crippen molar-refractivity contribution in [3.8, 4) is 0 Å². The lowest BCUT2D eigenvalue weighted by Crippen LogP contribution is -2.15. The van der Waals surface area contributed by atoms with Crippen molar-refractivity contribution in [2.24, 2.45) is 17.8 Å². The van der Waals surface area contributed by atoms with Crippen molar-refractivity contribution >= 4 is 23.2 Å². The summed E-state index contributed by atoms with van der Waals surface area (Å²) in [6.07, 6.45) is 15.8. The highest BCUT2D eigenvalue weighted by Gasteiger charge is 2.52. The van der Waals surface area contributed by atoms with E-state index in [2.05, 4.69) is 29.6 Å². The number of hydrogen-bond donors (Lipinski definition) is 1. The number of allylic oxidation sites excluding steroid dienone is 4. The van der Waals surface area contributed by atoms with Crippen molar-refractivity contribution in [1.29, 1.82) is 0 Å². The molecule has 0 heterocycles. The van der Waals surface area contributed by atoms with Crippen molar-refractivity contribution in [2.75, 3.05) is 5.32 Å². The largest absolute Gasteiger partial charge is 0.326 e. The SMILES string of the molecule is O=C(Nc1cccc(Cl)c1)C1[C@H]2CC/C=C\CC/C=C/CC[C@H]12. The molecule has 1 aromatic carbocycles. The van der Waals surface area contributed by atoms with Crippen LogP contribution in [-0.2, 0) is 4.79 Å². The first-order valence-corrected chi connectivity index (χ1v) is 9.00. The molecule has 122 valence electrons. The first-order valence-electron chi connectivity index (χ1n) is 8.62. The van der Waals surface area contributed by atoms with Gasteiger partial charge in [0, 0.05) is 16.6 Å². The monoisotopic (exact) mass is 329 g/mol. The first kappa shape index (κ1) is 16.3. The molecule has 2 aliphatic carbocycles. The summed E-state index contributed by atoms with van der Waals surface area (Å²) in [5.41, 5.74) is 0.796. The number of rotatable bonds is 2. The molecule has 0 spiro atoms. The van der Waals surface area contributed by atoms with Gasteiger partial charge in [0.1, 0.15) is 0 Å². The number of hydrogen-bond acceptors (Lipinski definition) is 1. The third kappa shape index (κ3) is 4.48. The van der Waals surface area contributed by atoms with Gasteiger partial charge in [0.25, 0.3) is 0 Å². The minimum Gasteiger partial charge on any atom is -0.326 e. The zero-order valence-corrected chi connectivity index (χ0v) is 14.1. The topological polar surface area (TPSA) is 29.1 Å². The van der Waals surface area contributed by atoms with Gasteiger partial charge in [-0.1, -0.05) is 42.0 Å². The van der Waals surface area contributed by atoms with E-state index < -0.39 is 0 Å². The maximum absolute atomic E-state index is 12.6. The maximum atomic E-state index is 12.6. The van der Waals surface area contributed by atoms with Crippen molar-refractivity contribution < 1.29 is 4.79 Å². The number of nitrogens with one attached hydrogen (secondary N) is 1. The molecule has 0 saturated heterocycles. The summed E-state index contributed by atoms with van der Waals surface area (Å²) in [6.45, 7) is 0. The highest BCUT2D eigenvalue weighted by atomic mass is 35.5. The highest BCUT2D eigenvalue weighted by molar-refractivity contribution is 6.30. The molecule has 1 N–H and O–H groups in total. The predicted molar refractivity (Wildman–Crippen MR) is 96.5 cm³/mol. The van der Waals surface area contributed by atoms with Gasteiger partial charge in [0.15, 0.2) is 0 Å². The molecule has 0 radical (unpaired) electrons. The van der Waals surface area contributed by atoms with E-state index >= 15 is 0 Å². The van der Waals surface area contributed by atoms with Gasteiger partial charge in [0.05, 0.1) is 0 Å². The lowest BCUT2D eigenvalue weighted by Gasteiger charge is -2.05. The fourth-order valence-electron chi connectivity index (χ4n) is 3.65. The molecule has 1 amide bonds. The van der Waals surface area contributed by atoms with E-state index in [-0.39, 0.29) is 11.8 Å².